The third kappa shape index (κ3) is 4.00. The van der Waals surface area contributed by atoms with Gasteiger partial charge in [0, 0.05) is 38.1 Å². The zero-order valence-corrected chi connectivity index (χ0v) is 22.9. The van der Waals surface area contributed by atoms with Gasteiger partial charge in [-0.2, -0.15) is 0 Å². The summed E-state index contributed by atoms with van der Waals surface area (Å²) in [5.74, 6) is 0.920. The number of hydrogen-bond acceptors (Lipinski definition) is 1. The van der Waals surface area contributed by atoms with Gasteiger partial charge in [-0.15, -0.1) is 0 Å². The summed E-state index contributed by atoms with van der Waals surface area (Å²) in [5.41, 5.74) is 15.0. The standard InChI is InChI=1S/C33H31BrN2/c1-19(2)22-11-13-28(29(16-22)20(3)4)33-30-17-24(34)12-14-27(30)31(36-33)18-25-15-23-10-9-21-7-5-6-8-26(21)32(23)35-25/h5-8,11-20,35H,9-10H2,1-4H3/b31-18-. The highest BCUT2D eigenvalue weighted by atomic mass is 79.9. The second-order valence-corrected chi connectivity index (χ2v) is 11.5. The number of hydrogen-bond donors (Lipinski definition) is 1. The van der Waals surface area contributed by atoms with E-state index in [0.29, 0.717) is 11.8 Å². The molecule has 3 aromatic carbocycles. The van der Waals surface area contributed by atoms with Crippen molar-refractivity contribution in [1.29, 1.82) is 0 Å². The maximum atomic E-state index is 5.27. The Labute approximate surface area is 222 Å². The summed E-state index contributed by atoms with van der Waals surface area (Å²) in [6.45, 7) is 9.07. The van der Waals surface area contributed by atoms with E-state index in [9.17, 15) is 0 Å². The van der Waals surface area contributed by atoms with E-state index in [-0.39, 0.29) is 0 Å². The van der Waals surface area contributed by atoms with Gasteiger partial charge in [0.05, 0.1) is 11.4 Å². The second-order valence-electron chi connectivity index (χ2n) is 10.6. The summed E-state index contributed by atoms with van der Waals surface area (Å²) in [5, 5.41) is 0. The quantitative estimate of drug-likeness (QED) is 0.270. The van der Waals surface area contributed by atoms with E-state index < -0.39 is 0 Å². The van der Waals surface area contributed by atoms with Crippen LogP contribution in [-0.2, 0) is 12.8 Å². The molecule has 2 nitrogen and oxygen atoms in total. The van der Waals surface area contributed by atoms with Crippen molar-refractivity contribution in [3.05, 3.63) is 116 Å². The first-order valence-corrected chi connectivity index (χ1v) is 13.7. The van der Waals surface area contributed by atoms with Crippen molar-refractivity contribution in [2.45, 2.75) is 52.4 Å². The third-order valence-corrected chi connectivity index (χ3v) is 8.02. The summed E-state index contributed by atoms with van der Waals surface area (Å²) < 4.78 is 1.08. The molecule has 0 saturated heterocycles. The van der Waals surface area contributed by atoms with Gasteiger partial charge in [0.15, 0.2) is 0 Å². The van der Waals surface area contributed by atoms with E-state index >= 15 is 0 Å². The minimum Gasteiger partial charge on any atom is -0.355 e. The highest BCUT2D eigenvalue weighted by Crippen LogP contribution is 2.39. The maximum Gasteiger partial charge on any atom is 0.0791 e. The molecule has 1 N–H and O–H groups in total. The van der Waals surface area contributed by atoms with E-state index in [2.05, 4.69) is 121 Å². The Balaban J connectivity index is 1.48. The van der Waals surface area contributed by atoms with Crippen molar-refractivity contribution < 1.29 is 0 Å². The fraction of sp³-hybridized carbons (Fsp3) is 0.242. The molecule has 36 heavy (non-hydrogen) atoms. The van der Waals surface area contributed by atoms with Crippen LogP contribution in [0, 0.1) is 0 Å². The minimum absolute atomic E-state index is 0.417. The zero-order valence-electron chi connectivity index (χ0n) is 21.3. The minimum atomic E-state index is 0.417. The summed E-state index contributed by atoms with van der Waals surface area (Å²) in [4.78, 5) is 8.98. The average Bonchev–Trinajstić information content (AvgIpc) is 3.44. The lowest BCUT2D eigenvalue weighted by Crippen LogP contribution is -2.07. The molecule has 1 aliphatic carbocycles. The van der Waals surface area contributed by atoms with E-state index in [1.165, 1.54) is 50.2 Å². The van der Waals surface area contributed by atoms with Gasteiger partial charge >= 0.3 is 0 Å². The van der Waals surface area contributed by atoms with Crippen LogP contribution in [0.15, 0.2) is 76.2 Å². The average molecular weight is 536 g/mol. The number of H-pyrrole nitrogens is 1. The molecule has 0 spiro atoms. The highest BCUT2D eigenvalue weighted by molar-refractivity contribution is 9.10. The predicted molar refractivity (Wildman–Crippen MR) is 156 cm³/mol. The number of aliphatic imine (C=N–C) groups is 1. The van der Waals surface area contributed by atoms with E-state index in [1.807, 2.05) is 0 Å². The topological polar surface area (TPSA) is 28.1 Å². The Morgan fingerprint density at radius 1 is 0.778 bits per heavy atom. The molecule has 0 radical (unpaired) electrons. The molecule has 1 aliphatic heterocycles. The molecule has 0 bridgehead atoms. The molecule has 0 saturated carbocycles. The molecule has 0 amide bonds. The monoisotopic (exact) mass is 534 g/mol. The van der Waals surface area contributed by atoms with E-state index in [4.69, 9.17) is 4.99 Å². The van der Waals surface area contributed by atoms with Crippen molar-refractivity contribution >= 4 is 33.4 Å². The Morgan fingerprint density at radius 3 is 2.36 bits per heavy atom. The van der Waals surface area contributed by atoms with Crippen LogP contribution in [0.5, 0.6) is 0 Å². The predicted octanol–water partition coefficient (Wildman–Crippen LogP) is 9.14. The van der Waals surface area contributed by atoms with Gasteiger partial charge in [0.25, 0.3) is 0 Å². The fourth-order valence-electron chi connectivity index (χ4n) is 5.56. The van der Waals surface area contributed by atoms with Crippen molar-refractivity contribution in [3.8, 4) is 11.3 Å². The lowest BCUT2D eigenvalue weighted by molar-refractivity contribution is 0.832. The molecule has 1 aromatic heterocycles. The van der Waals surface area contributed by atoms with E-state index in [0.717, 1.165) is 34.4 Å². The first kappa shape index (κ1) is 23.2. The fourth-order valence-corrected chi connectivity index (χ4v) is 5.92. The molecular weight excluding hydrogens is 504 g/mol. The number of aromatic amines is 1. The van der Waals surface area contributed by atoms with Crippen LogP contribution < -0.4 is 0 Å². The Morgan fingerprint density at radius 2 is 1.56 bits per heavy atom. The molecule has 4 aromatic rings. The van der Waals surface area contributed by atoms with Crippen LogP contribution in [0.4, 0.5) is 0 Å². The molecule has 2 heterocycles. The lowest BCUT2D eigenvalue weighted by Gasteiger charge is -2.17. The Hall–Kier alpha value is -3.17. The van der Waals surface area contributed by atoms with Crippen molar-refractivity contribution in [1.82, 2.24) is 4.98 Å². The van der Waals surface area contributed by atoms with Gasteiger partial charge in [-0.25, -0.2) is 4.99 Å². The first-order valence-electron chi connectivity index (χ1n) is 12.9. The summed E-state index contributed by atoms with van der Waals surface area (Å²) >= 11 is 3.70. The molecule has 6 rings (SSSR count). The first-order chi connectivity index (χ1) is 17.4. The molecule has 2 aliphatic rings. The third-order valence-electron chi connectivity index (χ3n) is 7.53. The van der Waals surface area contributed by atoms with Crippen LogP contribution in [0.3, 0.4) is 0 Å². The second kappa shape index (κ2) is 9.05. The van der Waals surface area contributed by atoms with Crippen LogP contribution in [0.25, 0.3) is 23.0 Å². The summed E-state index contributed by atoms with van der Waals surface area (Å²) in [6, 6.07) is 24.5. The van der Waals surface area contributed by atoms with Gasteiger partial charge in [-0.1, -0.05) is 92.2 Å². The summed E-state index contributed by atoms with van der Waals surface area (Å²) in [7, 11) is 0. The number of fused-ring (bicyclic) bond motifs is 4. The number of aromatic nitrogens is 1. The van der Waals surface area contributed by atoms with Crippen molar-refractivity contribution in [2.75, 3.05) is 0 Å². The molecular formula is C33H31BrN2. The molecule has 3 heteroatoms. The molecule has 0 unspecified atom stereocenters. The zero-order chi connectivity index (χ0) is 25.0. The number of nitrogens with one attached hydrogen (secondary N) is 1. The van der Waals surface area contributed by atoms with E-state index in [1.54, 1.807) is 0 Å². The van der Waals surface area contributed by atoms with Crippen LogP contribution >= 0.6 is 15.9 Å². The molecule has 0 fully saturated rings. The number of benzene rings is 3. The van der Waals surface area contributed by atoms with Crippen LogP contribution in [0.1, 0.15) is 84.2 Å². The van der Waals surface area contributed by atoms with Gasteiger partial charge in [-0.3, -0.25) is 0 Å². The smallest absolute Gasteiger partial charge is 0.0791 e. The van der Waals surface area contributed by atoms with Gasteiger partial charge < -0.3 is 4.98 Å². The number of halogens is 1. The molecule has 0 atom stereocenters. The normalized spacial score (nSPS) is 15.3. The SMILES string of the molecule is CC(C)c1ccc(C2=N/C(=C\c3cc4c([nH]3)-c3ccccc3CC4)c3ccc(Br)cc32)c(C(C)C)c1. The van der Waals surface area contributed by atoms with Gasteiger partial charge in [-0.05, 0) is 71.2 Å². The summed E-state index contributed by atoms with van der Waals surface area (Å²) in [6.07, 6.45) is 4.39. The van der Waals surface area contributed by atoms with Crippen molar-refractivity contribution in [2.24, 2.45) is 4.99 Å². The Bertz CT molecular complexity index is 1550. The number of nitrogens with zero attached hydrogens (tertiary/aromatic N) is 1. The lowest BCUT2D eigenvalue weighted by atomic mass is 9.87. The maximum absolute atomic E-state index is 5.27. The molecule has 180 valence electrons. The van der Waals surface area contributed by atoms with Crippen molar-refractivity contribution in [3.63, 3.8) is 0 Å². The largest absolute Gasteiger partial charge is 0.355 e. The van der Waals surface area contributed by atoms with Gasteiger partial charge in [0.1, 0.15) is 0 Å². The Kier molecular flexibility index (Phi) is 5.84. The van der Waals surface area contributed by atoms with Crippen LogP contribution in [-0.4, -0.2) is 10.7 Å². The number of aryl methyl sites for hydroxylation is 2. The number of rotatable bonds is 4. The van der Waals surface area contributed by atoms with Gasteiger partial charge in [0.2, 0.25) is 0 Å². The van der Waals surface area contributed by atoms with Crippen LogP contribution in [0.2, 0.25) is 0 Å². The highest BCUT2D eigenvalue weighted by Gasteiger charge is 2.25.